The Balaban J connectivity index is 1.42. The molecule has 1 aromatic heterocycles. The van der Waals surface area contributed by atoms with E-state index in [1.807, 2.05) is 12.1 Å². The number of hydrogen-bond acceptors (Lipinski definition) is 7. The highest BCUT2D eigenvalue weighted by atomic mass is 32.2. The molecule has 0 bridgehead atoms. The molecule has 1 spiro atoms. The van der Waals surface area contributed by atoms with E-state index in [9.17, 15) is 12.8 Å². The first kappa shape index (κ1) is 20.9. The van der Waals surface area contributed by atoms with Crippen molar-refractivity contribution in [2.45, 2.75) is 30.9 Å². The summed E-state index contributed by atoms with van der Waals surface area (Å²) in [4.78, 5) is 8.47. The quantitative estimate of drug-likeness (QED) is 0.684. The maximum Gasteiger partial charge on any atom is 0.283 e. The number of fused-ring (bicyclic) bond motifs is 4. The van der Waals surface area contributed by atoms with Crippen molar-refractivity contribution in [3.8, 4) is 16.9 Å². The first-order chi connectivity index (χ1) is 15.9. The Kier molecular flexibility index (Phi) is 4.67. The molecule has 6 rings (SSSR count). The van der Waals surface area contributed by atoms with E-state index in [1.54, 1.807) is 22.5 Å². The zero-order valence-corrected chi connectivity index (χ0v) is 18.8. The van der Waals surface area contributed by atoms with E-state index in [2.05, 4.69) is 4.98 Å². The van der Waals surface area contributed by atoms with Crippen molar-refractivity contribution in [2.75, 3.05) is 25.4 Å². The SMILES string of the molecule is NC1=N[C@@]2(CO1)c1cc(-c3cccnc3F)ccc1O[C@H]1CCN(S(=O)(=O)CC3CC3)C[C@@H]12. The first-order valence-electron chi connectivity index (χ1n) is 11.2. The van der Waals surface area contributed by atoms with E-state index < -0.39 is 21.5 Å². The predicted octanol–water partition coefficient (Wildman–Crippen LogP) is 2.25. The molecule has 4 aliphatic rings. The third-order valence-electron chi connectivity index (χ3n) is 7.21. The third kappa shape index (κ3) is 3.47. The molecule has 1 aromatic carbocycles. The van der Waals surface area contributed by atoms with Crippen LogP contribution in [0.3, 0.4) is 0 Å². The Hall–Kier alpha value is -2.72. The molecule has 2 aromatic rings. The molecular formula is C23H25FN4O4S. The van der Waals surface area contributed by atoms with E-state index in [4.69, 9.17) is 20.2 Å². The first-order valence-corrected chi connectivity index (χ1v) is 12.8. The molecule has 0 amide bonds. The minimum Gasteiger partial charge on any atom is -0.490 e. The molecule has 3 atom stereocenters. The van der Waals surface area contributed by atoms with Gasteiger partial charge in [-0.15, -0.1) is 0 Å². The molecule has 2 fully saturated rings. The van der Waals surface area contributed by atoms with Crippen molar-refractivity contribution >= 4 is 16.0 Å². The van der Waals surface area contributed by atoms with E-state index in [1.165, 1.54) is 6.20 Å². The standard InChI is InChI=1S/C23H25FN4O4S/c24-21-16(2-1-8-26-21)15-5-6-19-17(10-15)23(13-31-22(25)27-23)18-11-28(9-7-20(18)32-19)33(29,30)12-14-3-4-14/h1-2,5-6,8,10,14,18,20H,3-4,7,9,11-13H2,(H2,25,27)/t18-,20-,23-/m0/s1. The lowest BCUT2D eigenvalue weighted by Crippen LogP contribution is -2.58. The molecule has 1 saturated carbocycles. The molecule has 10 heteroatoms. The van der Waals surface area contributed by atoms with Crippen LogP contribution in [0.4, 0.5) is 4.39 Å². The van der Waals surface area contributed by atoms with Gasteiger partial charge < -0.3 is 15.2 Å². The summed E-state index contributed by atoms with van der Waals surface area (Å²) in [6, 6.07) is 8.87. The molecule has 0 unspecified atom stereocenters. The zero-order chi connectivity index (χ0) is 22.8. The third-order valence-corrected chi connectivity index (χ3v) is 9.22. The number of halogens is 1. The largest absolute Gasteiger partial charge is 0.490 e. The fourth-order valence-electron chi connectivity index (χ4n) is 5.32. The number of pyridine rings is 1. The van der Waals surface area contributed by atoms with Gasteiger partial charge in [0.2, 0.25) is 16.0 Å². The predicted molar refractivity (Wildman–Crippen MR) is 119 cm³/mol. The number of aromatic nitrogens is 1. The minimum absolute atomic E-state index is 0.0672. The van der Waals surface area contributed by atoms with Gasteiger partial charge in [0.25, 0.3) is 6.02 Å². The number of amidine groups is 1. The Labute approximate surface area is 191 Å². The number of aliphatic imine (C=N–C) groups is 1. The lowest BCUT2D eigenvalue weighted by Gasteiger charge is -2.48. The average molecular weight is 473 g/mol. The highest BCUT2D eigenvalue weighted by Crippen LogP contribution is 2.51. The smallest absolute Gasteiger partial charge is 0.283 e. The number of benzene rings is 1. The van der Waals surface area contributed by atoms with Crippen molar-refractivity contribution in [3.05, 3.63) is 48.0 Å². The van der Waals surface area contributed by atoms with Gasteiger partial charge >= 0.3 is 0 Å². The van der Waals surface area contributed by atoms with Gasteiger partial charge in [-0.1, -0.05) is 6.07 Å². The van der Waals surface area contributed by atoms with Gasteiger partial charge in [0, 0.05) is 36.3 Å². The van der Waals surface area contributed by atoms with Crippen LogP contribution in [-0.2, 0) is 20.3 Å². The normalized spacial score (nSPS) is 29.1. The van der Waals surface area contributed by atoms with E-state index in [0.717, 1.165) is 18.4 Å². The second kappa shape index (κ2) is 7.39. The fraction of sp³-hybridized carbons (Fsp3) is 0.478. The van der Waals surface area contributed by atoms with Crippen LogP contribution in [0.1, 0.15) is 24.8 Å². The summed E-state index contributed by atoms with van der Waals surface area (Å²) in [5, 5.41) is 0. The van der Waals surface area contributed by atoms with Crippen LogP contribution in [-0.4, -0.2) is 55.3 Å². The molecule has 33 heavy (non-hydrogen) atoms. The van der Waals surface area contributed by atoms with E-state index in [0.29, 0.717) is 29.8 Å². The number of rotatable bonds is 4. The van der Waals surface area contributed by atoms with Gasteiger partial charge in [-0.05, 0) is 55.0 Å². The number of nitrogens with two attached hydrogens (primary N) is 1. The van der Waals surface area contributed by atoms with Crippen LogP contribution in [0.2, 0.25) is 0 Å². The number of nitrogens with zero attached hydrogens (tertiary/aromatic N) is 3. The number of ether oxygens (including phenoxy) is 2. The molecule has 4 heterocycles. The Bertz CT molecular complexity index is 1250. The number of hydrogen-bond donors (Lipinski definition) is 1. The minimum atomic E-state index is -3.37. The molecule has 8 nitrogen and oxygen atoms in total. The summed E-state index contributed by atoms with van der Waals surface area (Å²) in [6.45, 7) is 0.886. The maximum atomic E-state index is 14.4. The molecule has 3 aliphatic heterocycles. The molecule has 174 valence electrons. The average Bonchev–Trinajstić information content (AvgIpc) is 3.52. The van der Waals surface area contributed by atoms with Crippen LogP contribution in [0.5, 0.6) is 5.75 Å². The summed E-state index contributed by atoms with van der Waals surface area (Å²) in [5.41, 5.74) is 6.80. The second-order valence-corrected chi connectivity index (χ2v) is 11.4. The highest BCUT2D eigenvalue weighted by molar-refractivity contribution is 7.89. The Morgan fingerprint density at radius 1 is 1.24 bits per heavy atom. The lowest BCUT2D eigenvalue weighted by molar-refractivity contribution is -0.00348. The lowest BCUT2D eigenvalue weighted by atomic mass is 9.71. The Morgan fingerprint density at radius 3 is 2.82 bits per heavy atom. The van der Waals surface area contributed by atoms with Crippen LogP contribution < -0.4 is 10.5 Å². The monoisotopic (exact) mass is 472 g/mol. The molecule has 2 N–H and O–H groups in total. The molecule has 1 aliphatic carbocycles. The summed E-state index contributed by atoms with van der Waals surface area (Å²) >= 11 is 0. The van der Waals surface area contributed by atoms with E-state index in [-0.39, 0.29) is 42.9 Å². The van der Waals surface area contributed by atoms with Crippen LogP contribution in [0, 0.1) is 17.8 Å². The van der Waals surface area contributed by atoms with Gasteiger partial charge in [-0.2, -0.15) is 4.39 Å². The van der Waals surface area contributed by atoms with Gasteiger partial charge in [0.05, 0.1) is 5.75 Å². The van der Waals surface area contributed by atoms with Gasteiger partial charge in [0.1, 0.15) is 24.0 Å². The van der Waals surface area contributed by atoms with Gasteiger partial charge in [-0.3, -0.25) is 0 Å². The topological polar surface area (TPSA) is 107 Å². The van der Waals surface area contributed by atoms with Crippen molar-refractivity contribution in [3.63, 3.8) is 0 Å². The number of piperidine rings is 1. The highest BCUT2D eigenvalue weighted by Gasteiger charge is 2.56. The van der Waals surface area contributed by atoms with E-state index >= 15 is 0 Å². The zero-order valence-electron chi connectivity index (χ0n) is 18.0. The van der Waals surface area contributed by atoms with Crippen LogP contribution in [0.25, 0.3) is 11.1 Å². The van der Waals surface area contributed by atoms with Crippen molar-refractivity contribution < 1.29 is 22.3 Å². The van der Waals surface area contributed by atoms with Crippen molar-refractivity contribution in [2.24, 2.45) is 22.6 Å². The summed E-state index contributed by atoms with van der Waals surface area (Å²) in [7, 11) is -3.37. The molecule has 1 saturated heterocycles. The molecule has 0 radical (unpaired) electrons. The maximum absolute atomic E-state index is 14.4. The number of sulfonamides is 1. The van der Waals surface area contributed by atoms with Crippen molar-refractivity contribution in [1.29, 1.82) is 0 Å². The van der Waals surface area contributed by atoms with Gasteiger partial charge in [0.15, 0.2) is 0 Å². The summed E-state index contributed by atoms with van der Waals surface area (Å²) in [6.07, 6.45) is 3.69. The van der Waals surface area contributed by atoms with Crippen molar-refractivity contribution in [1.82, 2.24) is 9.29 Å². The second-order valence-electron chi connectivity index (χ2n) is 9.35. The van der Waals surface area contributed by atoms with Gasteiger partial charge in [-0.25, -0.2) is 22.7 Å². The van der Waals surface area contributed by atoms with Crippen LogP contribution in [0.15, 0.2) is 41.5 Å². The Morgan fingerprint density at radius 2 is 2.09 bits per heavy atom. The summed E-state index contributed by atoms with van der Waals surface area (Å²) < 4.78 is 54.1. The fourth-order valence-corrected chi connectivity index (χ4v) is 7.23. The summed E-state index contributed by atoms with van der Waals surface area (Å²) in [5.74, 6) is 0.261. The molecular weight excluding hydrogens is 447 g/mol. The van der Waals surface area contributed by atoms with Crippen LogP contribution >= 0.6 is 0 Å².